The van der Waals surface area contributed by atoms with Crippen LogP contribution in [-0.2, 0) is 0 Å². The van der Waals surface area contributed by atoms with Gasteiger partial charge in [0.25, 0.3) is 0 Å². The average Bonchev–Trinajstić information content (AvgIpc) is 2.11. The molecule has 108 valence electrons. The molecule has 0 aliphatic heterocycles. The van der Waals surface area contributed by atoms with Crippen molar-refractivity contribution in [2.24, 2.45) is 11.7 Å². The van der Waals surface area contributed by atoms with Crippen molar-refractivity contribution in [3.05, 3.63) is 33.8 Å². The molecule has 1 aromatic carbocycles. The fourth-order valence-corrected chi connectivity index (χ4v) is 2.08. The minimum atomic E-state index is -5.53. The molecule has 1 unspecified atom stereocenters. The zero-order valence-corrected chi connectivity index (χ0v) is 10.5. The van der Waals surface area contributed by atoms with Crippen LogP contribution in [0.2, 0.25) is 10.0 Å². The summed E-state index contributed by atoms with van der Waals surface area (Å²) in [5.74, 6) is -3.70. The SMILES string of the molecule is NC(c1ccc(Cl)cc1Cl)C(C(F)(F)F)C(F)(F)F. The van der Waals surface area contributed by atoms with Gasteiger partial charge in [-0.1, -0.05) is 29.3 Å². The van der Waals surface area contributed by atoms with Gasteiger partial charge in [0, 0.05) is 10.0 Å². The summed E-state index contributed by atoms with van der Waals surface area (Å²) < 4.78 is 75.0. The fourth-order valence-electron chi connectivity index (χ4n) is 1.54. The maximum absolute atomic E-state index is 12.5. The van der Waals surface area contributed by atoms with E-state index in [4.69, 9.17) is 28.9 Å². The highest BCUT2D eigenvalue weighted by Crippen LogP contribution is 2.46. The van der Waals surface area contributed by atoms with Gasteiger partial charge in [-0.15, -0.1) is 0 Å². The molecular weight excluding hydrogens is 319 g/mol. The van der Waals surface area contributed by atoms with E-state index >= 15 is 0 Å². The van der Waals surface area contributed by atoms with E-state index < -0.39 is 29.9 Å². The second-order valence-electron chi connectivity index (χ2n) is 3.75. The van der Waals surface area contributed by atoms with Crippen LogP contribution in [0, 0.1) is 5.92 Å². The Balaban J connectivity index is 3.24. The van der Waals surface area contributed by atoms with Gasteiger partial charge in [0.15, 0.2) is 5.92 Å². The molecule has 0 aliphatic carbocycles. The predicted molar refractivity (Wildman–Crippen MR) is 59.0 cm³/mol. The highest BCUT2D eigenvalue weighted by molar-refractivity contribution is 6.35. The molecule has 0 amide bonds. The minimum absolute atomic E-state index is 0.0801. The molecule has 1 atom stereocenters. The van der Waals surface area contributed by atoms with Gasteiger partial charge in [-0.2, -0.15) is 26.3 Å². The molecule has 1 aromatic rings. The molecule has 0 bridgehead atoms. The first-order chi connectivity index (χ1) is 8.44. The molecule has 0 aliphatic rings. The summed E-state index contributed by atoms with van der Waals surface area (Å²) in [6.07, 6.45) is -11.1. The summed E-state index contributed by atoms with van der Waals surface area (Å²) in [5, 5.41) is -0.269. The van der Waals surface area contributed by atoms with E-state index in [0.29, 0.717) is 0 Å². The molecule has 0 saturated carbocycles. The number of benzene rings is 1. The first kappa shape index (κ1) is 16.4. The molecule has 2 N–H and O–H groups in total. The molecule has 0 fully saturated rings. The fraction of sp³-hybridized carbons (Fsp3) is 0.400. The molecule has 0 spiro atoms. The van der Waals surface area contributed by atoms with Crippen LogP contribution in [0.5, 0.6) is 0 Å². The van der Waals surface area contributed by atoms with Crippen LogP contribution >= 0.6 is 23.2 Å². The van der Waals surface area contributed by atoms with E-state index in [1.807, 2.05) is 0 Å². The van der Waals surface area contributed by atoms with Crippen LogP contribution < -0.4 is 5.73 Å². The first-order valence-electron chi connectivity index (χ1n) is 4.78. The van der Waals surface area contributed by atoms with Crippen LogP contribution in [0.3, 0.4) is 0 Å². The summed E-state index contributed by atoms with van der Waals surface area (Å²) in [7, 11) is 0. The Labute approximate surface area is 114 Å². The van der Waals surface area contributed by atoms with E-state index in [1.165, 1.54) is 0 Å². The molecular formula is C10H7Cl2F6N. The van der Waals surface area contributed by atoms with Crippen LogP contribution in [-0.4, -0.2) is 12.4 Å². The molecule has 1 rings (SSSR count). The first-order valence-corrected chi connectivity index (χ1v) is 5.54. The summed E-state index contributed by atoms with van der Waals surface area (Å²) in [4.78, 5) is 0. The summed E-state index contributed by atoms with van der Waals surface area (Å²) in [5.41, 5.74) is 4.63. The topological polar surface area (TPSA) is 26.0 Å². The van der Waals surface area contributed by atoms with Gasteiger partial charge < -0.3 is 5.73 Å². The Bertz CT molecular complexity index is 442. The molecule has 0 heterocycles. The van der Waals surface area contributed by atoms with Crippen molar-refractivity contribution in [3.63, 3.8) is 0 Å². The van der Waals surface area contributed by atoms with E-state index in [2.05, 4.69) is 0 Å². The monoisotopic (exact) mass is 325 g/mol. The summed E-state index contributed by atoms with van der Waals surface area (Å²) in [6, 6.07) is 0.735. The van der Waals surface area contributed by atoms with E-state index in [1.54, 1.807) is 0 Å². The van der Waals surface area contributed by atoms with Crippen molar-refractivity contribution >= 4 is 23.2 Å². The molecule has 0 radical (unpaired) electrons. The van der Waals surface area contributed by atoms with Crippen molar-refractivity contribution in [2.45, 2.75) is 18.4 Å². The Morgan fingerprint density at radius 3 is 1.79 bits per heavy atom. The third-order valence-corrected chi connectivity index (χ3v) is 2.95. The largest absolute Gasteiger partial charge is 0.402 e. The molecule has 1 nitrogen and oxygen atoms in total. The highest BCUT2D eigenvalue weighted by Gasteiger charge is 2.59. The van der Waals surface area contributed by atoms with Gasteiger partial charge in [0.1, 0.15) is 0 Å². The van der Waals surface area contributed by atoms with Gasteiger partial charge in [0.2, 0.25) is 0 Å². The third-order valence-electron chi connectivity index (χ3n) is 2.39. The molecule has 19 heavy (non-hydrogen) atoms. The van der Waals surface area contributed by atoms with E-state index in [-0.39, 0.29) is 10.0 Å². The normalized spacial score (nSPS) is 14.8. The van der Waals surface area contributed by atoms with Gasteiger partial charge >= 0.3 is 12.4 Å². The van der Waals surface area contributed by atoms with Gasteiger partial charge in [-0.05, 0) is 17.7 Å². The molecule has 9 heteroatoms. The maximum Gasteiger partial charge on any atom is 0.402 e. The van der Waals surface area contributed by atoms with Crippen LogP contribution in [0.1, 0.15) is 11.6 Å². The van der Waals surface area contributed by atoms with Crippen LogP contribution in [0.15, 0.2) is 18.2 Å². The molecule has 0 saturated heterocycles. The Morgan fingerprint density at radius 2 is 1.42 bits per heavy atom. The lowest BCUT2D eigenvalue weighted by molar-refractivity contribution is -0.290. The van der Waals surface area contributed by atoms with E-state index in [9.17, 15) is 26.3 Å². The smallest absolute Gasteiger partial charge is 0.323 e. The second kappa shape index (κ2) is 5.38. The number of nitrogens with two attached hydrogens (primary N) is 1. The van der Waals surface area contributed by atoms with E-state index in [0.717, 1.165) is 18.2 Å². The van der Waals surface area contributed by atoms with Crippen molar-refractivity contribution < 1.29 is 26.3 Å². The standard InChI is InChI=1S/C10H7Cl2F6N/c11-4-1-2-5(6(12)3-4)7(19)8(9(13,14)15)10(16,17)18/h1-3,7-8H,19H2. The lowest BCUT2D eigenvalue weighted by atomic mass is 9.92. The van der Waals surface area contributed by atoms with Crippen molar-refractivity contribution in [2.75, 3.05) is 0 Å². The van der Waals surface area contributed by atoms with Crippen molar-refractivity contribution in [1.82, 2.24) is 0 Å². The third kappa shape index (κ3) is 3.90. The number of hydrogen-bond donors (Lipinski definition) is 1. The number of hydrogen-bond acceptors (Lipinski definition) is 1. The number of rotatable bonds is 2. The number of halogens is 8. The Morgan fingerprint density at radius 1 is 0.947 bits per heavy atom. The van der Waals surface area contributed by atoms with Crippen molar-refractivity contribution in [3.8, 4) is 0 Å². The predicted octanol–water partition coefficient (Wildman–Crippen LogP) is 4.73. The van der Waals surface area contributed by atoms with Crippen molar-refractivity contribution in [1.29, 1.82) is 0 Å². The van der Waals surface area contributed by atoms with Gasteiger partial charge in [0.05, 0.1) is 6.04 Å². The van der Waals surface area contributed by atoms with Gasteiger partial charge in [-0.25, -0.2) is 0 Å². The Hall–Kier alpha value is -0.660. The van der Waals surface area contributed by atoms with Crippen LogP contribution in [0.4, 0.5) is 26.3 Å². The average molecular weight is 326 g/mol. The summed E-state index contributed by atoms with van der Waals surface area (Å²) in [6.45, 7) is 0. The summed E-state index contributed by atoms with van der Waals surface area (Å²) >= 11 is 11.1. The maximum atomic E-state index is 12.5. The lowest BCUT2D eigenvalue weighted by Crippen LogP contribution is -2.44. The Kier molecular flexibility index (Phi) is 4.64. The number of alkyl halides is 6. The zero-order valence-electron chi connectivity index (χ0n) is 8.99. The van der Waals surface area contributed by atoms with Gasteiger partial charge in [-0.3, -0.25) is 0 Å². The van der Waals surface area contributed by atoms with Crippen LogP contribution in [0.25, 0.3) is 0 Å². The molecule has 0 aromatic heterocycles. The second-order valence-corrected chi connectivity index (χ2v) is 4.60. The quantitative estimate of drug-likeness (QED) is 0.781. The zero-order chi connectivity index (χ0) is 15.0. The lowest BCUT2D eigenvalue weighted by Gasteiger charge is -2.28. The minimum Gasteiger partial charge on any atom is -0.323 e. The highest BCUT2D eigenvalue weighted by atomic mass is 35.5.